The van der Waals surface area contributed by atoms with Gasteiger partial charge in [-0.3, -0.25) is 0 Å². The van der Waals surface area contributed by atoms with Crippen molar-refractivity contribution in [1.29, 1.82) is 0 Å². The van der Waals surface area contributed by atoms with Crippen LogP contribution in [0.2, 0.25) is 5.02 Å². The summed E-state index contributed by atoms with van der Waals surface area (Å²) >= 11 is 6.46. The van der Waals surface area contributed by atoms with E-state index in [1.807, 2.05) is 54.7 Å². The van der Waals surface area contributed by atoms with Crippen molar-refractivity contribution in [1.82, 2.24) is 30.3 Å². The van der Waals surface area contributed by atoms with E-state index >= 15 is 0 Å². The first-order valence-electron chi connectivity index (χ1n) is 12.1. The quantitative estimate of drug-likeness (QED) is 0.280. The van der Waals surface area contributed by atoms with Gasteiger partial charge in [-0.05, 0) is 41.6 Å². The van der Waals surface area contributed by atoms with E-state index < -0.39 is 24.2 Å². The standard InChI is InChI=1S/C26H27ClN6O6/c1-36-21-8-4-6-16(24(21)37-2)23-17-14-15(27)9-10-18(17)32-12-5-7-19(32)20(39-23)11-13-33-29-25(28-31-33)22(26(34)35)30-38-3/h4-10,12,14,20,22-23,30H,11,13H2,1-3H3,(H,34,35)/t20-,22?,23-/m1/s1. The Morgan fingerprint density at radius 3 is 2.74 bits per heavy atom. The average Bonchev–Trinajstić information content (AvgIpc) is 3.59. The summed E-state index contributed by atoms with van der Waals surface area (Å²) < 4.78 is 20.2. The second-order valence-electron chi connectivity index (χ2n) is 8.72. The summed E-state index contributed by atoms with van der Waals surface area (Å²) in [5, 5.41) is 22.2. The molecule has 0 saturated heterocycles. The molecule has 0 amide bonds. The Labute approximate surface area is 229 Å². The molecule has 204 valence electrons. The summed E-state index contributed by atoms with van der Waals surface area (Å²) in [6.45, 7) is 0.307. The summed E-state index contributed by atoms with van der Waals surface area (Å²) in [5.74, 6) is -0.0582. The molecule has 3 atom stereocenters. The SMILES string of the molecule is CONC(C(=O)O)c1nnn(CC[C@H]2O[C@H](c3cccc(OC)c3OC)c3cc(Cl)ccc3-n3cccc32)n1. The number of carbonyl (C=O) groups is 1. The minimum Gasteiger partial charge on any atom is -0.493 e. The van der Waals surface area contributed by atoms with Gasteiger partial charge in [0.05, 0.1) is 39.3 Å². The van der Waals surface area contributed by atoms with Crippen LogP contribution in [0, 0.1) is 0 Å². The molecule has 3 heterocycles. The van der Waals surface area contributed by atoms with Gasteiger partial charge in [-0.15, -0.1) is 10.2 Å². The molecule has 39 heavy (non-hydrogen) atoms. The average molecular weight is 555 g/mol. The number of carboxylic acid groups (broad SMARTS) is 1. The number of rotatable bonds is 10. The van der Waals surface area contributed by atoms with Crippen LogP contribution >= 0.6 is 11.6 Å². The highest BCUT2D eigenvalue weighted by Gasteiger charge is 2.33. The predicted octanol–water partition coefficient (Wildman–Crippen LogP) is 3.66. The zero-order valence-corrected chi connectivity index (χ0v) is 22.2. The van der Waals surface area contributed by atoms with Crippen LogP contribution < -0.4 is 15.0 Å². The first kappa shape index (κ1) is 26.6. The van der Waals surface area contributed by atoms with Crippen molar-refractivity contribution in [2.75, 3.05) is 21.3 Å². The molecular formula is C26H27ClN6O6. The number of nitrogens with zero attached hydrogens (tertiary/aromatic N) is 5. The summed E-state index contributed by atoms with van der Waals surface area (Å²) in [5.41, 5.74) is 5.85. The van der Waals surface area contributed by atoms with E-state index in [1.54, 1.807) is 14.2 Å². The minimum absolute atomic E-state index is 0.0180. The second kappa shape index (κ2) is 11.4. The van der Waals surface area contributed by atoms with E-state index in [0.29, 0.717) is 29.5 Å². The molecule has 12 nitrogen and oxygen atoms in total. The number of aromatic nitrogens is 5. The normalized spacial score (nSPS) is 17.1. The second-order valence-corrected chi connectivity index (χ2v) is 9.16. The Bertz CT molecular complexity index is 1470. The monoisotopic (exact) mass is 554 g/mol. The number of methoxy groups -OCH3 is 2. The van der Waals surface area contributed by atoms with Crippen LogP contribution in [0.4, 0.5) is 0 Å². The Morgan fingerprint density at radius 1 is 1.15 bits per heavy atom. The lowest BCUT2D eigenvalue weighted by atomic mass is 9.98. The molecule has 4 aromatic rings. The van der Waals surface area contributed by atoms with Gasteiger partial charge in [0.2, 0.25) is 5.82 Å². The molecule has 2 N–H and O–H groups in total. The fraction of sp³-hybridized carbons (Fsp3) is 0.308. The Hall–Kier alpha value is -3.97. The van der Waals surface area contributed by atoms with Crippen LogP contribution in [0.5, 0.6) is 11.5 Å². The molecule has 1 aliphatic heterocycles. The van der Waals surface area contributed by atoms with Gasteiger partial charge >= 0.3 is 5.97 Å². The van der Waals surface area contributed by atoms with Gasteiger partial charge in [0.25, 0.3) is 0 Å². The number of aryl methyl sites for hydroxylation is 1. The van der Waals surface area contributed by atoms with Gasteiger partial charge in [0, 0.05) is 28.8 Å². The molecule has 0 spiro atoms. The molecule has 1 aliphatic rings. The van der Waals surface area contributed by atoms with Gasteiger partial charge in [0.1, 0.15) is 12.2 Å². The van der Waals surface area contributed by atoms with E-state index in [2.05, 4.69) is 25.5 Å². The number of hydroxylamine groups is 1. The lowest BCUT2D eigenvalue weighted by molar-refractivity contribution is -0.143. The minimum atomic E-state index is -1.25. The van der Waals surface area contributed by atoms with Gasteiger partial charge in [0.15, 0.2) is 17.5 Å². The van der Waals surface area contributed by atoms with Crippen molar-refractivity contribution < 1.29 is 28.9 Å². The summed E-state index contributed by atoms with van der Waals surface area (Å²) in [4.78, 5) is 17.6. The van der Waals surface area contributed by atoms with Crippen LogP contribution in [-0.2, 0) is 20.9 Å². The lowest BCUT2D eigenvalue weighted by Gasteiger charge is -2.25. The molecule has 0 fully saturated rings. The summed E-state index contributed by atoms with van der Waals surface area (Å²) in [6.07, 6.45) is 1.48. The maximum Gasteiger partial charge on any atom is 0.331 e. The Balaban J connectivity index is 1.51. The number of hydrogen-bond donors (Lipinski definition) is 2. The Morgan fingerprint density at radius 2 is 2.00 bits per heavy atom. The fourth-order valence-corrected chi connectivity index (χ4v) is 4.92. The van der Waals surface area contributed by atoms with Crippen LogP contribution in [-0.4, -0.2) is 57.2 Å². The number of hydrogen-bond acceptors (Lipinski definition) is 9. The number of para-hydroxylation sites is 1. The number of fused-ring (bicyclic) bond motifs is 3. The first-order valence-corrected chi connectivity index (χ1v) is 12.4. The summed E-state index contributed by atoms with van der Waals surface area (Å²) in [7, 11) is 4.50. The van der Waals surface area contributed by atoms with Crippen molar-refractivity contribution in [3.8, 4) is 17.2 Å². The number of nitrogens with one attached hydrogen (secondary N) is 1. The molecule has 1 unspecified atom stereocenters. The molecule has 2 aromatic carbocycles. The van der Waals surface area contributed by atoms with Crippen LogP contribution in [0.25, 0.3) is 5.69 Å². The highest BCUT2D eigenvalue weighted by Crippen LogP contribution is 2.46. The molecular weight excluding hydrogens is 528 g/mol. The third kappa shape index (κ3) is 5.19. The smallest absolute Gasteiger partial charge is 0.331 e. The van der Waals surface area contributed by atoms with Gasteiger partial charge < -0.3 is 28.7 Å². The highest BCUT2D eigenvalue weighted by molar-refractivity contribution is 6.30. The molecule has 2 aromatic heterocycles. The van der Waals surface area contributed by atoms with E-state index in [9.17, 15) is 9.90 Å². The van der Waals surface area contributed by atoms with Crippen molar-refractivity contribution in [3.63, 3.8) is 0 Å². The summed E-state index contributed by atoms with van der Waals surface area (Å²) in [6, 6.07) is 14.1. The van der Waals surface area contributed by atoms with Crippen molar-refractivity contribution in [3.05, 3.63) is 82.4 Å². The van der Waals surface area contributed by atoms with Gasteiger partial charge in [-0.1, -0.05) is 23.7 Å². The molecule has 0 radical (unpaired) electrons. The van der Waals surface area contributed by atoms with Crippen molar-refractivity contribution in [2.45, 2.75) is 31.2 Å². The zero-order chi connectivity index (χ0) is 27.5. The van der Waals surface area contributed by atoms with Crippen molar-refractivity contribution >= 4 is 17.6 Å². The van der Waals surface area contributed by atoms with E-state index in [-0.39, 0.29) is 5.82 Å². The lowest BCUT2D eigenvalue weighted by Crippen LogP contribution is -2.28. The number of halogens is 1. The topological polar surface area (TPSA) is 135 Å². The third-order valence-corrected chi connectivity index (χ3v) is 6.69. The molecule has 5 rings (SSSR count). The van der Waals surface area contributed by atoms with E-state index in [0.717, 1.165) is 22.5 Å². The maximum atomic E-state index is 11.5. The largest absolute Gasteiger partial charge is 0.493 e. The van der Waals surface area contributed by atoms with E-state index in [1.165, 1.54) is 11.9 Å². The van der Waals surface area contributed by atoms with Crippen molar-refractivity contribution in [2.24, 2.45) is 0 Å². The number of benzene rings is 2. The van der Waals surface area contributed by atoms with Crippen LogP contribution in [0.15, 0.2) is 54.7 Å². The molecule has 0 saturated carbocycles. The molecule has 0 bridgehead atoms. The zero-order valence-electron chi connectivity index (χ0n) is 21.4. The Kier molecular flexibility index (Phi) is 7.79. The van der Waals surface area contributed by atoms with Crippen LogP contribution in [0.3, 0.4) is 0 Å². The number of ether oxygens (including phenoxy) is 3. The predicted molar refractivity (Wildman–Crippen MR) is 139 cm³/mol. The fourth-order valence-electron chi connectivity index (χ4n) is 4.74. The first-order chi connectivity index (χ1) is 18.9. The number of tetrazole rings is 1. The highest BCUT2D eigenvalue weighted by atomic mass is 35.5. The van der Waals surface area contributed by atoms with Crippen LogP contribution in [0.1, 0.15) is 47.3 Å². The maximum absolute atomic E-state index is 11.5. The van der Waals surface area contributed by atoms with Gasteiger partial charge in [-0.25, -0.2) is 4.79 Å². The van der Waals surface area contributed by atoms with E-state index in [4.69, 9.17) is 30.6 Å². The molecule has 13 heteroatoms. The third-order valence-electron chi connectivity index (χ3n) is 6.46. The molecule has 0 aliphatic carbocycles. The van der Waals surface area contributed by atoms with Gasteiger partial charge in [-0.2, -0.15) is 10.3 Å². The number of aliphatic carboxylic acids is 1. The number of carboxylic acids is 1.